The number of pyridine rings is 1. The van der Waals surface area contributed by atoms with Crippen molar-refractivity contribution in [1.82, 2.24) is 9.47 Å². The van der Waals surface area contributed by atoms with Crippen molar-refractivity contribution in [3.05, 3.63) is 52.4 Å². The summed E-state index contributed by atoms with van der Waals surface area (Å²) in [7, 11) is 3.05. The van der Waals surface area contributed by atoms with E-state index in [1.54, 1.807) is 36.2 Å². The molecule has 1 fully saturated rings. The van der Waals surface area contributed by atoms with E-state index in [1.807, 2.05) is 0 Å². The van der Waals surface area contributed by atoms with Crippen LogP contribution < -0.4 is 20.3 Å². The van der Waals surface area contributed by atoms with Crippen LogP contribution in [0, 0.1) is 0 Å². The third-order valence-electron chi connectivity index (χ3n) is 4.53. The normalized spacial score (nSPS) is 13.3. The molecule has 8 nitrogen and oxygen atoms in total. The lowest BCUT2D eigenvalue weighted by Crippen LogP contribution is -2.31. The molecule has 0 spiro atoms. The Balaban J connectivity index is 1.71. The van der Waals surface area contributed by atoms with Crippen molar-refractivity contribution in [2.75, 3.05) is 32.1 Å². The third kappa shape index (κ3) is 4.33. The topological polar surface area (TPSA) is 89.9 Å². The highest BCUT2D eigenvalue weighted by Crippen LogP contribution is 2.25. The van der Waals surface area contributed by atoms with Gasteiger partial charge in [0.05, 0.1) is 12.7 Å². The summed E-state index contributed by atoms with van der Waals surface area (Å²) in [6, 6.07) is 8.37. The van der Waals surface area contributed by atoms with E-state index >= 15 is 0 Å². The van der Waals surface area contributed by atoms with Gasteiger partial charge in [-0.05, 0) is 31.0 Å². The number of hydrogen-bond acceptors (Lipinski definition) is 5. The minimum atomic E-state index is -0.506. The highest BCUT2D eigenvalue weighted by Gasteiger charge is 2.21. The van der Waals surface area contributed by atoms with E-state index in [0.29, 0.717) is 30.2 Å². The minimum absolute atomic E-state index is 0.0428. The molecular weight excluding hydrogens is 362 g/mol. The maximum Gasteiger partial charge on any atom is 0.274 e. The fraction of sp³-hybridized carbons (Fsp3) is 0.350. The lowest BCUT2D eigenvalue weighted by atomic mass is 10.2. The van der Waals surface area contributed by atoms with E-state index in [9.17, 15) is 14.4 Å². The van der Waals surface area contributed by atoms with Crippen molar-refractivity contribution < 1.29 is 19.1 Å². The summed E-state index contributed by atoms with van der Waals surface area (Å²) in [6.45, 7) is 1.11. The van der Waals surface area contributed by atoms with Crippen molar-refractivity contribution in [1.29, 1.82) is 0 Å². The molecule has 148 valence electrons. The van der Waals surface area contributed by atoms with Crippen molar-refractivity contribution >= 4 is 17.5 Å². The first-order valence-corrected chi connectivity index (χ1v) is 9.05. The molecule has 2 amide bonds. The van der Waals surface area contributed by atoms with Crippen LogP contribution in [0.3, 0.4) is 0 Å². The van der Waals surface area contributed by atoms with E-state index in [-0.39, 0.29) is 18.2 Å². The van der Waals surface area contributed by atoms with Gasteiger partial charge in [-0.1, -0.05) is 12.1 Å². The Bertz CT molecular complexity index is 932. The van der Waals surface area contributed by atoms with Crippen LogP contribution in [0.15, 0.2) is 41.3 Å². The smallest absolute Gasteiger partial charge is 0.274 e. The fourth-order valence-electron chi connectivity index (χ4n) is 3.09. The summed E-state index contributed by atoms with van der Waals surface area (Å²) < 4.78 is 11.9. The molecule has 0 saturated carbocycles. The highest BCUT2D eigenvalue weighted by molar-refractivity contribution is 5.97. The van der Waals surface area contributed by atoms with Gasteiger partial charge in [0, 0.05) is 26.3 Å². The molecule has 8 heteroatoms. The minimum Gasteiger partial charge on any atom is -0.493 e. The number of likely N-dealkylation sites (tertiary alicyclic amines) is 1. The van der Waals surface area contributed by atoms with Gasteiger partial charge in [0.15, 0.2) is 18.1 Å². The molecule has 1 N–H and O–H groups in total. The molecule has 0 unspecified atom stereocenters. The SMILES string of the molecule is COc1ccccc1OCC(=O)Nc1cc(C(=O)N2CCCC2)cn(C)c1=O. The first-order valence-electron chi connectivity index (χ1n) is 9.05. The van der Waals surface area contributed by atoms with Gasteiger partial charge in [-0.15, -0.1) is 0 Å². The number of carbonyl (C=O) groups excluding carboxylic acids is 2. The zero-order valence-corrected chi connectivity index (χ0v) is 15.9. The van der Waals surface area contributed by atoms with Crippen LogP contribution in [0.5, 0.6) is 11.5 Å². The molecule has 1 aromatic heterocycles. The van der Waals surface area contributed by atoms with E-state index < -0.39 is 11.5 Å². The molecule has 1 aromatic carbocycles. The van der Waals surface area contributed by atoms with Gasteiger partial charge in [0.2, 0.25) is 0 Å². The summed E-state index contributed by atoms with van der Waals surface area (Å²) in [4.78, 5) is 38.9. The summed E-state index contributed by atoms with van der Waals surface area (Å²) in [6.07, 6.45) is 3.44. The van der Waals surface area contributed by atoms with Crippen LogP contribution in [0.1, 0.15) is 23.2 Å². The molecule has 1 saturated heterocycles. The number of carbonyl (C=O) groups is 2. The molecule has 2 heterocycles. The summed E-state index contributed by atoms with van der Waals surface area (Å²) >= 11 is 0. The number of hydrogen-bond donors (Lipinski definition) is 1. The molecule has 1 aliphatic heterocycles. The molecule has 0 bridgehead atoms. The highest BCUT2D eigenvalue weighted by atomic mass is 16.5. The number of benzene rings is 1. The van der Waals surface area contributed by atoms with E-state index in [4.69, 9.17) is 9.47 Å². The van der Waals surface area contributed by atoms with Crippen molar-refractivity contribution in [3.8, 4) is 11.5 Å². The number of nitrogens with zero attached hydrogens (tertiary/aromatic N) is 2. The molecule has 1 aliphatic rings. The number of rotatable bonds is 6. The second-order valence-electron chi connectivity index (χ2n) is 6.55. The first-order chi connectivity index (χ1) is 13.5. The Labute approximate surface area is 162 Å². The molecule has 0 radical (unpaired) electrons. The quantitative estimate of drug-likeness (QED) is 0.817. The predicted molar refractivity (Wildman–Crippen MR) is 104 cm³/mol. The number of aryl methyl sites for hydroxylation is 1. The van der Waals surface area contributed by atoms with E-state index in [1.165, 1.54) is 23.9 Å². The van der Waals surface area contributed by atoms with Gasteiger partial charge in [0.25, 0.3) is 17.4 Å². The fourth-order valence-corrected chi connectivity index (χ4v) is 3.09. The molecule has 28 heavy (non-hydrogen) atoms. The van der Waals surface area contributed by atoms with Crippen molar-refractivity contribution in [2.45, 2.75) is 12.8 Å². The Kier molecular flexibility index (Phi) is 5.98. The van der Waals surface area contributed by atoms with Crippen LogP contribution in [0.2, 0.25) is 0 Å². The number of nitrogens with one attached hydrogen (secondary N) is 1. The van der Waals surface area contributed by atoms with Gasteiger partial charge < -0.3 is 24.3 Å². The first kappa shape index (κ1) is 19.5. The number of amides is 2. The monoisotopic (exact) mass is 385 g/mol. The summed E-state index contributed by atoms with van der Waals surface area (Å²) in [5.74, 6) is 0.276. The summed E-state index contributed by atoms with van der Waals surface area (Å²) in [5.41, 5.74) is 0.00901. The standard InChI is InChI=1S/C20H23N3O5/c1-22-12-14(19(25)23-9-5-6-10-23)11-15(20(22)26)21-18(24)13-28-17-8-4-3-7-16(17)27-2/h3-4,7-8,11-12H,5-6,9-10,13H2,1-2H3,(H,21,24). The lowest BCUT2D eigenvalue weighted by molar-refractivity contribution is -0.118. The van der Waals surface area contributed by atoms with Crippen molar-refractivity contribution in [2.24, 2.45) is 7.05 Å². The zero-order chi connectivity index (χ0) is 20.1. The van der Waals surface area contributed by atoms with Crippen LogP contribution >= 0.6 is 0 Å². The number of methoxy groups -OCH3 is 1. The molecule has 0 aliphatic carbocycles. The Morgan fingerprint density at radius 2 is 1.82 bits per heavy atom. The molecule has 3 rings (SSSR count). The maximum absolute atomic E-state index is 12.6. The Morgan fingerprint density at radius 1 is 1.14 bits per heavy atom. The van der Waals surface area contributed by atoms with Gasteiger partial charge in [-0.2, -0.15) is 0 Å². The van der Waals surface area contributed by atoms with Gasteiger partial charge in [-0.3, -0.25) is 14.4 Å². The second-order valence-corrected chi connectivity index (χ2v) is 6.55. The molecule has 0 atom stereocenters. The zero-order valence-electron chi connectivity index (χ0n) is 15.9. The van der Waals surface area contributed by atoms with Crippen LogP contribution in [-0.2, 0) is 11.8 Å². The Morgan fingerprint density at radius 3 is 2.50 bits per heavy atom. The van der Waals surface area contributed by atoms with Gasteiger partial charge in [-0.25, -0.2) is 0 Å². The maximum atomic E-state index is 12.6. The van der Waals surface area contributed by atoms with E-state index in [0.717, 1.165) is 12.8 Å². The lowest BCUT2D eigenvalue weighted by Gasteiger charge is -2.16. The number of para-hydroxylation sites is 2. The Hall–Kier alpha value is -3.29. The summed E-state index contributed by atoms with van der Waals surface area (Å²) in [5, 5.41) is 2.54. The average Bonchev–Trinajstić information content (AvgIpc) is 3.24. The van der Waals surface area contributed by atoms with Crippen molar-refractivity contribution in [3.63, 3.8) is 0 Å². The van der Waals surface area contributed by atoms with E-state index in [2.05, 4.69) is 5.32 Å². The number of ether oxygens (including phenoxy) is 2. The predicted octanol–water partition coefficient (Wildman–Crippen LogP) is 1.65. The van der Waals surface area contributed by atoms with Crippen LogP contribution in [0.4, 0.5) is 5.69 Å². The largest absolute Gasteiger partial charge is 0.493 e. The molecular formula is C20H23N3O5. The third-order valence-corrected chi connectivity index (χ3v) is 4.53. The second kappa shape index (κ2) is 8.60. The van der Waals surface area contributed by atoms with Gasteiger partial charge >= 0.3 is 0 Å². The molecule has 2 aromatic rings. The number of anilines is 1. The number of aromatic nitrogens is 1. The van der Waals surface area contributed by atoms with Gasteiger partial charge in [0.1, 0.15) is 5.69 Å². The van der Waals surface area contributed by atoms with Crippen LogP contribution in [0.25, 0.3) is 0 Å². The average molecular weight is 385 g/mol. The van der Waals surface area contributed by atoms with Crippen LogP contribution in [-0.4, -0.2) is 48.1 Å².